The SMILES string of the molecule is c1ccc2cc(C3=NC(c4cc(-n5c6ccccc6c6cc7ccccc7cc65)c5oc6ccccc6c5c4)=NC(c4cccc5c4oc4ccccc45)[N-]3)ccc2c1. The van der Waals surface area contributed by atoms with Crippen molar-refractivity contribution in [2.75, 3.05) is 0 Å². The number of aliphatic imine (C=N–C) groups is 2. The van der Waals surface area contributed by atoms with Crippen molar-refractivity contribution in [3.63, 3.8) is 0 Å². The molecule has 0 spiro atoms. The van der Waals surface area contributed by atoms with Gasteiger partial charge in [0.05, 0.1) is 28.7 Å². The zero-order chi connectivity index (χ0) is 38.6. The fourth-order valence-corrected chi connectivity index (χ4v) is 9.16. The third kappa shape index (κ3) is 4.87. The zero-order valence-electron chi connectivity index (χ0n) is 31.5. The summed E-state index contributed by atoms with van der Waals surface area (Å²) in [4.78, 5) is 10.7. The molecule has 6 nitrogen and oxygen atoms in total. The number of benzene rings is 9. The van der Waals surface area contributed by atoms with Crippen molar-refractivity contribution in [3.8, 4) is 5.69 Å². The summed E-state index contributed by atoms with van der Waals surface area (Å²) in [6.45, 7) is 0. The van der Waals surface area contributed by atoms with Gasteiger partial charge in [0.2, 0.25) is 0 Å². The van der Waals surface area contributed by atoms with E-state index in [-0.39, 0.29) is 0 Å². The minimum Gasteiger partial charge on any atom is -0.456 e. The largest absolute Gasteiger partial charge is 0.456 e. The lowest BCUT2D eigenvalue weighted by Gasteiger charge is -2.32. The fourth-order valence-electron chi connectivity index (χ4n) is 9.16. The summed E-state index contributed by atoms with van der Waals surface area (Å²) in [5.74, 6) is 1.20. The first-order valence-corrected chi connectivity index (χ1v) is 19.9. The molecule has 276 valence electrons. The highest BCUT2D eigenvalue weighted by Gasteiger charge is 2.23. The van der Waals surface area contributed by atoms with Crippen LogP contribution in [0.4, 0.5) is 0 Å². The van der Waals surface area contributed by atoms with E-state index in [0.29, 0.717) is 11.7 Å². The van der Waals surface area contributed by atoms with Crippen LogP contribution in [0.3, 0.4) is 0 Å². The molecule has 6 heteroatoms. The Morgan fingerprint density at radius 1 is 0.441 bits per heavy atom. The second-order valence-corrected chi connectivity index (χ2v) is 15.3. The lowest BCUT2D eigenvalue weighted by atomic mass is 10.0. The molecule has 0 bridgehead atoms. The van der Waals surface area contributed by atoms with Crippen LogP contribution in [0, 0.1) is 0 Å². The highest BCUT2D eigenvalue weighted by molar-refractivity contribution is 6.22. The van der Waals surface area contributed by atoms with Crippen LogP contribution in [0.25, 0.3) is 98.2 Å². The Balaban J connectivity index is 1.10. The molecule has 1 aliphatic heterocycles. The van der Waals surface area contributed by atoms with Gasteiger partial charge in [-0.2, -0.15) is 0 Å². The fraction of sp³-hybridized carbons (Fsp3) is 0.0189. The van der Waals surface area contributed by atoms with Crippen LogP contribution in [0.15, 0.2) is 201 Å². The van der Waals surface area contributed by atoms with Gasteiger partial charge in [-0.25, -0.2) is 0 Å². The van der Waals surface area contributed by atoms with Gasteiger partial charge in [-0.05, 0) is 81.2 Å². The summed E-state index contributed by atoms with van der Waals surface area (Å²) in [7, 11) is 0. The van der Waals surface area contributed by atoms with Gasteiger partial charge in [-0.1, -0.05) is 139 Å². The summed E-state index contributed by atoms with van der Waals surface area (Å²) in [5, 5.41) is 16.4. The smallest absolute Gasteiger partial charge is 0.159 e. The molecular weight excluding hydrogens is 725 g/mol. The average Bonchev–Trinajstić information content (AvgIpc) is 3.97. The second kappa shape index (κ2) is 12.3. The average molecular weight is 756 g/mol. The molecule has 0 fully saturated rings. The van der Waals surface area contributed by atoms with Gasteiger partial charge in [0.15, 0.2) is 5.58 Å². The van der Waals surface area contributed by atoms with Crippen molar-refractivity contribution in [1.82, 2.24) is 4.57 Å². The van der Waals surface area contributed by atoms with Crippen LogP contribution < -0.4 is 0 Å². The number of para-hydroxylation sites is 4. The highest BCUT2D eigenvalue weighted by Crippen LogP contribution is 2.42. The predicted molar refractivity (Wildman–Crippen MR) is 242 cm³/mol. The molecular formula is C53H31N4O2-. The quantitative estimate of drug-likeness (QED) is 0.179. The molecule has 4 heterocycles. The molecule has 1 aliphatic rings. The van der Waals surface area contributed by atoms with Crippen molar-refractivity contribution in [3.05, 3.63) is 204 Å². The van der Waals surface area contributed by atoms with Gasteiger partial charge in [0.1, 0.15) is 16.7 Å². The van der Waals surface area contributed by atoms with E-state index in [0.717, 1.165) is 88.1 Å². The van der Waals surface area contributed by atoms with E-state index in [1.54, 1.807) is 0 Å². The van der Waals surface area contributed by atoms with Crippen LogP contribution in [0.1, 0.15) is 22.9 Å². The summed E-state index contributed by atoms with van der Waals surface area (Å²) in [6, 6.07) is 63.6. The number of amidine groups is 2. The van der Waals surface area contributed by atoms with Gasteiger partial charge < -0.3 is 23.7 Å². The Morgan fingerprint density at radius 3 is 1.90 bits per heavy atom. The molecule has 0 saturated heterocycles. The number of furan rings is 2. The molecule has 1 atom stereocenters. The minimum absolute atomic E-state index is 0.584. The Labute approximate surface area is 336 Å². The summed E-state index contributed by atoms with van der Waals surface area (Å²) >= 11 is 0. The molecule has 12 aromatic rings. The first-order chi connectivity index (χ1) is 29.2. The van der Waals surface area contributed by atoms with Crippen molar-refractivity contribution in [2.45, 2.75) is 6.17 Å². The van der Waals surface area contributed by atoms with Crippen molar-refractivity contribution >= 4 is 98.9 Å². The maximum Gasteiger partial charge on any atom is 0.159 e. The maximum absolute atomic E-state index is 6.81. The molecule has 0 N–H and O–H groups in total. The lowest BCUT2D eigenvalue weighted by Crippen LogP contribution is -2.16. The number of fused-ring (bicyclic) bond motifs is 11. The number of rotatable bonds is 4. The van der Waals surface area contributed by atoms with Crippen molar-refractivity contribution < 1.29 is 8.83 Å². The molecule has 59 heavy (non-hydrogen) atoms. The molecule has 3 aromatic heterocycles. The maximum atomic E-state index is 6.81. The van der Waals surface area contributed by atoms with E-state index in [1.807, 2.05) is 30.3 Å². The van der Waals surface area contributed by atoms with Gasteiger partial charge in [0, 0.05) is 37.9 Å². The third-order valence-electron chi connectivity index (χ3n) is 11.9. The summed E-state index contributed by atoms with van der Waals surface area (Å²) in [5.41, 5.74) is 9.00. The van der Waals surface area contributed by atoms with Gasteiger partial charge >= 0.3 is 0 Å². The monoisotopic (exact) mass is 755 g/mol. The Kier molecular flexibility index (Phi) is 6.69. The molecule has 0 aliphatic carbocycles. The number of hydrogen-bond donors (Lipinski definition) is 0. The first kappa shape index (κ1) is 32.2. The van der Waals surface area contributed by atoms with Crippen LogP contribution in [-0.2, 0) is 0 Å². The summed E-state index contributed by atoms with van der Waals surface area (Å²) in [6.07, 6.45) is -0.618. The number of aromatic nitrogens is 1. The number of hydrogen-bond acceptors (Lipinski definition) is 4. The van der Waals surface area contributed by atoms with Crippen LogP contribution in [0.5, 0.6) is 0 Å². The highest BCUT2D eigenvalue weighted by atomic mass is 16.3. The van der Waals surface area contributed by atoms with Crippen molar-refractivity contribution in [1.29, 1.82) is 0 Å². The van der Waals surface area contributed by atoms with Crippen LogP contribution in [-0.4, -0.2) is 16.2 Å². The second-order valence-electron chi connectivity index (χ2n) is 15.3. The Morgan fingerprint density at radius 2 is 1.08 bits per heavy atom. The van der Waals surface area contributed by atoms with Gasteiger partial charge in [-0.3, -0.25) is 4.99 Å². The zero-order valence-corrected chi connectivity index (χ0v) is 31.5. The van der Waals surface area contributed by atoms with Gasteiger partial charge in [0.25, 0.3) is 0 Å². The van der Waals surface area contributed by atoms with E-state index in [2.05, 4.69) is 156 Å². The Hall–Kier alpha value is -7.96. The van der Waals surface area contributed by atoms with E-state index in [1.165, 1.54) is 21.5 Å². The molecule has 0 saturated carbocycles. The standard InChI is InChI=1S/C53H31N4O2/c1-2-13-32-26-35(25-24-31(32)12-1)51-54-52(56-53(55-51)41-20-11-19-40-38-17-6-9-22-47(38)58-49(40)41)36-28-43-39-18-7-10-23-48(39)59-50(43)46(30-36)57-44-21-8-5-16-37(44)42-27-33-14-3-4-15-34(33)29-45(42)57/h1-30,53H/q-1. The topological polar surface area (TPSA) is 70.0 Å². The van der Waals surface area contributed by atoms with E-state index < -0.39 is 6.17 Å². The molecule has 13 rings (SSSR count). The Bertz CT molecular complexity index is 3790. The van der Waals surface area contributed by atoms with E-state index >= 15 is 0 Å². The summed E-state index contributed by atoms with van der Waals surface area (Å²) < 4.78 is 15.7. The molecule has 0 amide bonds. The van der Waals surface area contributed by atoms with Crippen LogP contribution >= 0.6 is 0 Å². The lowest BCUT2D eigenvalue weighted by molar-refractivity contribution is 0.658. The molecule has 9 aromatic carbocycles. The normalized spacial score (nSPS) is 14.6. The van der Waals surface area contributed by atoms with E-state index in [4.69, 9.17) is 24.1 Å². The first-order valence-electron chi connectivity index (χ1n) is 19.9. The van der Waals surface area contributed by atoms with Crippen molar-refractivity contribution in [2.24, 2.45) is 9.98 Å². The molecule has 1 unspecified atom stereocenters. The number of nitrogens with zero attached hydrogens (tertiary/aromatic N) is 4. The predicted octanol–water partition coefficient (Wildman–Crippen LogP) is 14.2. The molecule has 0 radical (unpaired) electrons. The minimum atomic E-state index is -0.618. The van der Waals surface area contributed by atoms with Crippen LogP contribution in [0.2, 0.25) is 0 Å². The van der Waals surface area contributed by atoms with E-state index in [9.17, 15) is 0 Å². The van der Waals surface area contributed by atoms with Gasteiger partial charge in [-0.15, -0.1) is 0 Å². The third-order valence-corrected chi connectivity index (χ3v) is 11.9.